The van der Waals surface area contributed by atoms with Gasteiger partial charge >= 0.3 is 0 Å². The molecule has 6 nitrogen and oxygen atoms in total. The number of hydrogen-bond donors (Lipinski definition) is 2. The Kier molecular flexibility index (Phi) is 7.05. The van der Waals surface area contributed by atoms with Crippen LogP contribution in [0.4, 0.5) is 5.69 Å². The number of nitrogens with one attached hydrogen (secondary N) is 2. The highest BCUT2D eigenvalue weighted by Gasteiger charge is 2.07. The number of hydrogen-bond acceptors (Lipinski definition) is 5. The lowest BCUT2D eigenvalue weighted by Crippen LogP contribution is -2.25. The molecule has 1 amide bonds. The van der Waals surface area contributed by atoms with Crippen molar-refractivity contribution in [3.8, 4) is 11.5 Å². The molecule has 0 fully saturated rings. The number of benzene rings is 2. The molecule has 1 heterocycles. The number of aromatic nitrogens is 1. The molecule has 0 radical (unpaired) electrons. The number of ether oxygens (including phenoxy) is 2. The van der Waals surface area contributed by atoms with Gasteiger partial charge in [0.2, 0.25) is 0 Å². The number of amides is 1. The van der Waals surface area contributed by atoms with Crippen LogP contribution in [0, 0.1) is 0 Å². The molecule has 0 spiro atoms. The van der Waals surface area contributed by atoms with Gasteiger partial charge in [0.25, 0.3) is 5.91 Å². The highest BCUT2D eigenvalue weighted by atomic mass is 16.5. The zero-order valence-electron chi connectivity index (χ0n) is 16.6. The monoisotopic (exact) mass is 391 g/mol. The van der Waals surface area contributed by atoms with Crippen molar-refractivity contribution < 1.29 is 14.3 Å². The molecule has 0 saturated carbocycles. The second-order valence-corrected chi connectivity index (χ2v) is 6.52. The number of rotatable bonds is 9. The lowest BCUT2D eigenvalue weighted by atomic mass is 10.1. The summed E-state index contributed by atoms with van der Waals surface area (Å²) < 4.78 is 10.4. The third-order valence-electron chi connectivity index (χ3n) is 4.49. The molecule has 0 saturated heterocycles. The first-order chi connectivity index (χ1) is 14.2. The summed E-state index contributed by atoms with van der Waals surface area (Å²) in [6.45, 7) is 1.17. The van der Waals surface area contributed by atoms with E-state index in [-0.39, 0.29) is 5.91 Å². The molecule has 0 aliphatic rings. The Hall–Kier alpha value is -3.54. The summed E-state index contributed by atoms with van der Waals surface area (Å²) in [6.07, 6.45) is 4.00. The van der Waals surface area contributed by atoms with Crippen molar-refractivity contribution in [2.45, 2.75) is 13.0 Å². The van der Waals surface area contributed by atoms with Crippen LogP contribution in [0.25, 0.3) is 0 Å². The average Bonchev–Trinajstić information content (AvgIpc) is 2.78. The van der Waals surface area contributed by atoms with Crippen molar-refractivity contribution in [2.75, 3.05) is 26.1 Å². The molecule has 6 heteroatoms. The lowest BCUT2D eigenvalue weighted by Gasteiger charge is -2.10. The van der Waals surface area contributed by atoms with Crippen molar-refractivity contribution >= 4 is 11.6 Å². The minimum Gasteiger partial charge on any atom is -0.497 e. The standard InChI is InChI=1S/C23H25N3O3/c1-28-21-8-6-18(7-9-21)14-26-20-13-19(15-24-16-20)23(27)25-11-10-17-4-3-5-22(12-17)29-2/h3-9,12-13,15-16,26H,10-11,14H2,1-2H3,(H,25,27). The van der Waals surface area contributed by atoms with Gasteiger partial charge in [0.1, 0.15) is 11.5 Å². The molecule has 2 N–H and O–H groups in total. The fourth-order valence-corrected chi connectivity index (χ4v) is 2.86. The van der Waals surface area contributed by atoms with Crippen LogP contribution in [-0.2, 0) is 13.0 Å². The number of methoxy groups -OCH3 is 2. The molecule has 3 rings (SSSR count). The third kappa shape index (κ3) is 5.97. The Bertz CT molecular complexity index is 942. The average molecular weight is 391 g/mol. The summed E-state index contributed by atoms with van der Waals surface area (Å²) in [5.74, 6) is 1.49. The Morgan fingerprint density at radius 1 is 0.931 bits per heavy atom. The number of carbonyl (C=O) groups excluding carboxylic acids is 1. The van der Waals surface area contributed by atoms with E-state index in [9.17, 15) is 4.79 Å². The van der Waals surface area contributed by atoms with Crippen molar-refractivity contribution in [1.29, 1.82) is 0 Å². The van der Waals surface area contributed by atoms with Gasteiger partial charge in [-0.25, -0.2) is 0 Å². The first kappa shape index (κ1) is 20.2. The van der Waals surface area contributed by atoms with Crippen LogP contribution in [0.3, 0.4) is 0 Å². The maximum absolute atomic E-state index is 12.4. The molecule has 0 bridgehead atoms. The summed E-state index contributed by atoms with van der Waals surface area (Å²) >= 11 is 0. The van der Waals surface area contributed by atoms with Crippen molar-refractivity contribution in [1.82, 2.24) is 10.3 Å². The summed E-state index contributed by atoms with van der Waals surface area (Å²) in [7, 11) is 3.29. The SMILES string of the molecule is COc1ccc(CNc2cncc(C(=O)NCCc3cccc(OC)c3)c2)cc1. The van der Waals surface area contributed by atoms with Gasteiger partial charge in [0.05, 0.1) is 25.5 Å². The number of carbonyl (C=O) groups is 1. The highest BCUT2D eigenvalue weighted by molar-refractivity contribution is 5.94. The first-order valence-electron chi connectivity index (χ1n) is 9.41. The van der Waals surface area contributed by atoms with E-state index >= 15 is 0 Å². The summed E-state index contributed by atoms with van der Waals surface area (Å²) in [5.41, 5.74) is 3.54. The normalized spacial score (nSPS) is 10.3. The van der Waals surface area contributed by atoms with E-state index in [0.717, 1.165) is 34.7 Å². The van der Waals surface area contributed by atoms with Crippen molar-refractivity contribution in [3.63, 3.8) is 0 Å². The highest BCUT2D eigenvalue weighted by Crippen LogP contribution is 2.15. The van der Waals surface area contributed by atoms with Crippen LogP contribution in [-0.4, -0.2) is 31.7 Å². The van der Waals surface area contributed by atoms with Crippen LogP contribution in [0.2, 0.25) is 0 Å². The van der Waals surface area contributed by atoms with Gasteiger partial charge in [-0.1, -0.05) is 24.3 Å². The van der Waals surface area contributed by atoms with Gasteiger partial charge in [0.15, 0.2) is 0 Å². The van der Waals surface area contributed by atoms with E-state index in [2.05, 4.69) is 15.6 Å². The van der Waals surface area contributed by atoms with E-state index < -0.39 is 0 Å². The molecule has 1 aromatic heterocycles. The Balaban J connectivity index is 1.51. The summed E-state index contributed by atoms with van der Waals surface area (Å²) in [6, 6.07) is 17.5. The zero-order chi connectivity index (χ0) is 20.5. The maximum atomic E-state index is 12.4. The molecule has 29 heavy (non-hydrogen) atoms. The van der Waals surface area contributed by atoms with Gasteiger partial charge < -0.3 is 20.1 Å². The van der Waals surface area contributed by atoms with Crippen molar-refractivity contribution in [2.24, 2.45) is 0 Å². The molecular weight excluding hydrogens is 366 g/mol. The quantitative estimate of drug-likeness (QED) is 0.582. The molecule has 3 aromatic rings. The van der Waals surface area contributed by atoms with Gasteiger partial charge in [-0.3, -0.25) is 9.78 Å². The number of pyridine rings is 1. The summed E-state index contributed by atoms with van der Waals surface area (Å²) in [5, 5.41) is 6.23. The fraction of sp³-hybridized carbons (Fsp3) is 0.217. The summed E-state index contributed by atoms with van der Waals surface area (Å²) in [4.78, 5) is 16.6. The predicted octanol–water partition coefficient (Wildman–Crippen LogP) is 3.68. The molecule has 0 atom stereocenters. The molecule has 150 valence electrons. The number of anilines is 1. The van der Waals surface area contributed by atoms with E-state index in [4.69, 9.17) is 9.47 Å². The minimum absolute atomic E-state index is 0.145. The Morgan fingerprint density at radius 3 is 2.48 bits per heavy atom. The van der Waals surface area contributed by atoms with Crippen LogP contribution >= 0.6 is 0 Å². The molecule has 2 aromatic carbocycles. The van der Waals surface area contributed by atoms with Crippen LogP contribution < -0.4 is 20.1 Å². The van der Waals surface area contributed by atoms with E-state index in [1.54, 1.807) is 32.7 Å². The largest absolute Gasteiger partial charge is 0.497 e. The Labute approximate surface area is 170 Å². The lowest BCUT2D eigenvalue weighted by molar-refractivity contribution is 0.0954. The molecule has 0 aliphatic carbocycles. The Morgan fingerprint density at radius 2 is 1.72 bits per heavy atom. The van der Waals surface area contributed by atoms with Crippen LogP contribution in [0.15, 0.2) is 67.0 Å². The molecular formula is C23H25N3O3. The minimum atomic E-state index is -0.145. The van der Waals surface area contributed by atoms with E-state index in [0.29, 0.717) is 18.7 Å². The first-order valence-corrected chi connectivity index (χ1v) is 9.41. The zero-order valence-corrected chi connectivity index (χ0v) is 16.6. The van der Waals surface area contributed by atoms with E-state index in [1.807, 2.05) is 48.5 Å². The maximum Gasteiger partial charge on any atom is 0.252 e. The predicted molar refractivity (Wildman–Crippen MR) is 114 cm³/mol. The molecule has 0 unspecified atom stereocenters. The second kappa shape index (κ2) is 10.1. The van der Waals surface area contributed by atoms with E-state index in [1.165, 1.54) is 0 Å². The van der Waals surface area contributed by atoms with Gasteiger partial charge in [-0.2, -0.15) is 0 Å². The smallest absolute Gasteiger partial charge is 0.252 e. The van der Waals surface area contributed by atoms with Crippen LogP contribution in [0.1, 0.15) is 21.5 Å². The van der Waals surface area contributed by atoms with Gasteiger partial charge in [0, 0.05) is 25.5 Å². The number of nitrogens with zero attached hydrogens (tertiary/aromatic N) is 1. The van der Waals surface area contributed by atoms with Gasteiger partial charge in [-0.05, 0) is 47.9 Å². The van der Waals surface area contributed by atoms with Gasteiger partial charge in [-0.15, -0.1) is 0 Å². The topological polar surface area (TPSA) is 72.5 Å². The third-order valence-corrected chi connectivity index (χ3v) is 4.49. The second-order valence-electron chi connectivity index (χ2n) is 6.52. The van der Waals surface area contributed by atoms with Crippen LogP contribution in [0.5, 0.6) is 11.5 Å². The fourth-order valence-electron chi connectivity index (χ4n) is 2.86. The molecule has 0 aliphatic heterocycles. The van der Waals surface area contributed by atoms with Crippen molar-refractivity contribution in [3.05, 3.63) is 83.7 Å².